The summed E-state index contributed by atoms with van der Waals surface area (Å²) in [5, 5.41) is 2.31. The van der Waals surface area contributed by atoms with Crippen LogP contribution in [0.15, 0.2) is 47.4 Å². The fraction of sp³-hybridized carbons (Fsp3) is 0.235. The molecule has 2 rings (SSSR count). The second-order valence-corrected chi connectivity index (χ2v) is 8.27. The molecule has 1 N–H and O–H groups in total. The smallest absolute Gasteiger partial charge is 0.257 e. The van der Waals surface area contributed by atoms with Gasteiger partial charge in [0.15, 0.2) is 9.84 Å². The molecule has 0 aliphatic carbocycles. The number of ether oxygens (including phenoxy) is 1. The first-order valence-corrected chi connectivity index (χ1v) is 9.17. The van der Waals surface area contributed by atoms with Crippen LogP contribution in [0.1, 0.15) is 24.2 Å². The maximum absolute atomic E-state index is 12.5. The van der Waals surface area contributed by atoms with Gasteiger partial charge in [-0.3, -0.25) is 4.79 Å². The summed E-state index contributed by atoms with van der Waals surface area (Å²) in [7, 11) is -2.07. The lowest BCUT2D eigenvalue weighted by atomic mass is 10.2. The van der Waals surface area contributed by atoms with Gasteiger partial charge in [-0.1, -0.05) is 23.7 Å². The van der Waals surface area contributed by atoms with E-state index in [0.29, 0.717) is 16.5 Å². The van der Waals surface area contributed by atoms with E-state index in [-0.39, 0.29) is 10.5 Å². The Bertz CT molecular complexity index is 863. The summed E-state index contributed by atoms with van der Waals surface area (Å²) in [6.45, 7) is 3.15. The lowest BCUT2D eigenvalue weighted by molar-refractivity contribution is 0.102. The second kappa shape index (κ2) is 7.23. The van der Waals surface area contributed by atoms with Gasteiger partial charge in [0, 0.05) is 6.07 Å². The summed E-state index contributed by atoms with van der Waals surface area (Å²) in [4.78, 5) is 12.5. The SMILES string of the molecule is COc1ccc(NC(=O)c2ccccc2S(=O)(=O)C(C)C)c(Cl)c1. The number of hydrogen-bond acceptors (Lipinski definition) is 4. The van der Waals surface area contributed by atoms with E-state index in [1.807, 2.05) is 0 Å². The standard InChI is InChI=1S/C17H18ClNO4S/c1-11(2)24(21,22)16-7-5-4-6-13(16)17(20)19-15-9-8-12(23-3)10-14(15)18/h4-11H,1-3H3,(H,19,20). The fourth-order valence-corrected chi connectivity index (χ4v) is 3.53. The van der Waals surface area contributed by atoms with Gasteiger partial charge in [0.1, 0.15) is 5.75 Å². The monoisotopic (exact) mass is 367 g/mol. The Morgan fingerprint density at radius 1 is 1.17 bits per heavy atom. The van der Waals surface area contributed by atoms with Crippen molar-refractivity contribution in [2.24, 2.45) is 0 Å². The van der Waals surface area contributed by atoms with E-state index in [1.54, 1.807) is 44.2 Å². The second-order valence-electron chi connectivity index (χ2n) is 5.39. The highest BCUT2D eigenvalue weighted by atomic mass is 35.5. The van der Waals surface area contributed by atoms with Crippen LogP contribution >= 0.6 is 11.6 Å². The van der Waals surface area contributed by atoms with Gasteiger partial charge in [0.2, 0.25) is 0 Å². The average Bonchev–Trinajstić information content (AvgIpc) is 2.56. The molecule has 0 spiro atoms. The lowest BCUT2D eigenvalue weighted by Crippen LogP contribution is -2.20. The Hall–Kier alpha value is -2.05. The molecular weight excluding hydrogens is 350 g/mol. The van der Waals surface area contributed by atoms with Gasteiger partial charge in [-0.05, 0) is 38.1 Å². The number of methoxy groups -OCH3 is 1. The van der Waals surface area contributed by atoms with Gasteiger partial charge in [0.25, 0.3) is 5.91 Å². The number of amides is 1. The molecule has 0 aliphatic heterocycles. The molecule has 2 aromatic rings. The third-order valence-corrected chi connectivity index (χ3v) is 6.01. The number of sulfone groups is 1. The van der Waals surface area contributed by atoms with E-state index in [0.717, 1.165) is 0 Å². The van der Waals surface area contributed by atoms with Gasteiger partial charge in [-0.2, -0.15) is 0 Å². The van der Waals surface area contributed by atoms with Crippen molar-refractivity contribution in [3.8, 4) is 5.75 Å². The van der Waals surface area contributed by atoms with Gasteiger partial charge in [0.05, 0.1) is 33.5 Å². The predicted octanol–water partition coefficient (Wildman–Crippen LogP) is 3.78. The highest BCUT2D eigenvalue weighted by molar-refractivity contribution is 7.92. The minimum absolute atomic E-state index is 0.00198. The summed E-state index contributed by atoms with van der Waals surface area (Å²) in [5.41, 5.74) is 0.456. The van der Waals surface area contributed by atoms with Crippen molar-refractivity contribution in [3.05, 3.63) is 53.1 Å². The van der Waals surface area contributed by atoms with Crippen LogP contribution in [0.25, 0.3) is 0 Å². The molecule has 0 radical (unpaired) electrons. The van der Waals surface area contributed by atoms with Crippen molar-refractivity contribution in [1.29, 1.82) is 0 Å². The van der Waals surface area contributed by atoms with Gasteiger partial charge in [-0.25, -0.2) is 8.42 Å². The normalized spacial score (nSPS) is 11.4. The van der Waals surface area contributed by atoms with Crippen molar-refractivity contribution in [2.45, 2.75) is 24.0 Å². The van der Waals surface area contributed by atoms with E-state index in [2.05, 4.69) is 5.32 Å². The van der Waals surface area contributed by atoms with E-state index < -0.39 is 21.0 Å². The molecule has 0 unspecified atom stereocenters. The first kappa shape index (κ1) is 18.3. The molecule has 0 aliphatic rings. The summed E-state index contributed by atoms with van der Waals surface area (Å²) in [6, 6.07) is 10.9. The average molecular weight is 368 g/mol. The topological polar surface area (TPSA) is 72.5 Å². The first-order chi connectivity index (χ1) is 11.3. The predicted molar refractivity (Wildman–Crippen MR) is 94.7 cm³/mol. The molecule has 0 saturated heterocycles. The number of benzene rings is 2. The van der Waals surface area contributed by atoms with Gasteiger partial charge >= 0.3 is 0 Å². The quantitative estimate of drug-likeness (QED) is 0.872. The third kappa shape index (κ3) is 3.71. The van der Waals surface area contributed by atoms with Crippen molar-refractivity contribution in [1.82, 2.24) is 0 Å². The molecule has 0 bridgehead atoms. The van der Waals surface area contributed by atoms with Crippen LogP contribution in [-0.2, 0) is 9.84 Å². The summed E-state index contributed by atoms with van der Waals surface area (Å²) < 4.78 is 29.9. The molecule has 0 fully saturated rings. The van der Waals surface area contributed by atoms with Crippen LogP contribution in [0.3, 0.4) is 0 Å². The summed E-state index contributed by atoms with van der Waals surface area (Å²) >= 11 is 6.11. The lowest BCUT2D eigenvalue weighted by Gasteiger charge is -2.13. The molecule has 0 aromatic heterocycles. The zero-order chi connectivity index (χ0) is 17.9. The molecule has 5 nitrogen and oxygen atoms in total. The Morgan fingerprint density at radius 3 is 2.42 bits per heavy atom. The Labute approximate surface area is 146 Å². The maximum atomic E-state index is 12.5. The van der Waals surface area contributed by atoms with E-state index in [4.69, 9.17) is 16.3 Å². The number of hydrogen-bond donors (Lipinski definition) is 1. The molecule has 128 valence electrons. The Kier molecular flexibility index (Phi) is 5.51. The van der Waals surface area contributed by atoms with Crippen molar-refractivity contribution in [3.63, 3.8) is 0 Å². The molecule has 1 amide bonds. The molecule has 0 heterocycles. The largest absolute Gasteiger partial charge is 0.497 e. The molecule has 24 heavy (non-hydrogen) atoms. The number of carbonyl (C=O) groups excluding carboxylic acids is 1. The number of halogens is 1. The van der Waals surface area contributed by atoms with Crippen LogP contribution in [0.4, 0.5) is 5.69 Å². The number of anilines is 1. The highest BCUT2D eigenvalue weighted by Crippen LogP contribution is 2.28. The summed E-state index contributed by atoms with van der Waals surface area (Å²) in [6.07, 6.45) is 0. The molecule has 0 saturated carbocycles. The zero-order valence-electron chi connectivity index (χ0n) is 13.5. The Morgan fingerprint density at radius 2 is 1.83 bits per heavy atom. The van der Waals surface area contributed by atoms with Crippen molar-refractivity contribution in [2.75, 3.05) is 12.4 Å². The van der Waals surface area contributed by atoms with E-state index in [1.165, 1.54) is 19.2 Å². The first-order valence-electron chi connectivity index (χ1n) is 7.25. The van der Waals surface area contributed by atoms with Crippen LogP contribution < -0.4 is 10.1 Å². The molecule has 7 heteroatoms. The number of nitrogens with one attached hydrogen (secondary N) is 1. The zero-order valence-corrected chi connectivity index (χ0v) is 15.1. The van der Waals surface area contributed by atoms with Crippen LogP contribution in [0.2, 0.25) is 5.02 Å². The van der Waals surface area contributed by atoms with Crippen LogP contribution in [0.5, 0.6) is 5.75 Å². The van der Waals surface area contributed by atoms with Crippen molar-refractivity contribution < 1.29 is 17.9 Å². The van der Waals surface area contributed by atoms with E-state index in [9.17, 15) is 13.2 Å². The molecular formula is C17H18ClNO4S. The number of rotatable bonds is 5. The van der Waals surface area contributed by atoms with Crippen LogP contribution in [0, 0.1) is 0 Å². The minimum atomic E-state index is -3.58. The van der Waals surface area contributed by atoms with Gasteiger partial charge in [-0.15, -0.1) is 0 Å². The van der Waals surface area contributed by atoms with Crippen molar-refractivity contribution >= 4 is 33.0 Å². The highest BCUT2D eigenvalue weighted by Gasteiger charge is 2.25. The van der Waals surface area contributed by atoms with Crippen LogP contribution in [-0.4, -0.2) is 26.7 Å². The molecule has 2 aromatic carbocycles. The minimum Gasteiger partial charge on any atom is -0.497 e. The van der Waals surface area contributed by atoms with Gasteiger partial charge < -0.3 is 10.1 Å². The Balaban J connectivity index is 2.38. The molecule has 0 atom stereocenters. The maximum Gasteiger partial charge on any atom is 0.257 e. The van der Waals surface area contributed by atoms with E-state index >= 15 is 0 Å². The number of carbonyl (C=O) groups is 1. The third-order valence-electron chi connectivity index (χ3n) is 3.48. The summed E-state index contributed by atoms with van der Waals surface area (Å²) in [5.74, 6) is 0.0164. The fourth-order valence-electron chi connectivity index (χ4n) is 2.07.